The second-order valence-corrected chi connectivity index (χ2v) is 8.93. The van der Waals surface area contributed by atoms with E-state index in [1.165, 1.54) is 7.11 Å². The summed E-state index contributed by atoms with van der Waals surface area (Å²) < 4.78 is 32.3. The molecule has 1 fully saturated rings. The van der Waals surface area contributed by atoms with Gasteiger partial charge in [-0.2, -0.15) is 4.31 Å². The van der Waals surface area contributed by atoms with Gasteiger partial charge in [0.25, 0.3) is 0 Å². The largest absolute Gasteiger partial charge is 0.465 e. The summed E-state index contributed by atoms with van der Waals surface area (Å²) in [5.41, 5.74) is 2.96. The quantitative estimate of drug-likeness (QED) is 0.666. The van der Waals surface area contributed by atoms with Gasteiger partial charge in [0.05, 0.1) is 34.9 Å². The third-order valence-electron chi connectivity index (χ3n) is 5.15. The number of carbonyl (C=O) groups excluding carboxylic acids is 1. The van der Waals surface area contributed by atoms with Crippen LogP contribution in [0.4, 0.5) is 0 Å². The summed E-state index contributed by atoms with van der Waals surface area (Å²) in [4.78, 5) is 19.1. The molecule has 2 aromatic carbocycles. The average molecular weight is 399 g/mol. The summed E-state index contributed by atoms with van der Waals surface area (Å²) >= 11 is 0. The second kappa shape index (κ2) is 7.37. The topological polar surface area (TPSA) is 92.4 Å². The highest BCUT2D eigenvalue weighted by atomic mass is 32.2. The molecule has 0 bridgehead atoms. The number of esters is 1. The fourth-order valence-corrected chi connectivity index (χ4v) is 5.24. The molecule has 1 unspecified atom stereocenters. The lowest BCUT2D eigenvalue weighted by atomic mass is 9.97. The molecule has 1 saturated heterocycles. The Morgan fingerprint density at radius 2 is 2.14 bits per heavy atom. The van der Waals surface area contributed by atoms with E-state index in [9.17, 15) is 13.2 Å². The molecule has 2 heterocycles. The Morgan fingerprint density at radius 1 is 1.29 bits per heavy atom. The number of hydrogen-bond acceptors (Lipinski definition) is 5. The second-order valence-electron chi connectivity index (χ2n) is 7.00. The van der Waals surface area contributed by atoms with Crippen molar-refractivity contribution in [3.05, 3.63) is 59.9 Å². The number of imidazole rings is 1. The van der Waals surface area contributed by atoms with Crippen LogP contribution in [0.25, 0.3) is 11.0 Å². The van der Waals surface area contributed by atoms with Crippen molar-refractivity contribution in [3.63, 3.8) is 0 Å². The summed E-state index contributed by atoms with van der Waals surface area (Å²) in [6, 6.07) is 12.3. The third-order valence-corrected chi connectivity index (χ3v) is 7.01. The fourth-order valence-electron chi connectivity index (χ4n) is 3.68. The number of sulfonamides is 1. The molecular weight excluding hydrogens is 378 g/mol. The number of methoxy groups -OCH3 is 1. The summed E-state index contributed by atoms with van der Waals surface area (Å²) in [6.07, 6.45) is 3.06. The number of hydrogen-bond donors (Lipinski definition) is 1. The van der Waals surface area contributed by atoms with Gasteiger partial charge in [-0.25, -0.2) is 18.2 Å². The van der Waals surface area contributed by atoms with Crippen molar-refractivity contribution >= 4 is 27.0 Å². The molecule has 1 aromatic heterocycles. The van der Waals surface area contributed by atoms with Crippen LogP contribution in [-0.2, 0) is 21.2 Å². The fraction of sp³-hybridized carbons (Fsp3) is 0.300. The van der Waals surface area contributed by atoms with Crippen LogP contribution in [0.15, 0.2) is 53.7 Å². The van der Waals surface area contributed by atoms with Crippen LogP contribution in [0.3, 0.4) is 0 Å². The Kier molecular flexibility index (Phi) is 4.91. The van der Waals surface area contributed by atoms with Crippen LogP contribution in [-0.4, -0.2) is 48.9 Å². The predicted octanol–water partition coefficient (Wildman–Crippen LogP) is 2.60. The zero-order valence-electron chi connectivity index (χ0n) is 15.5. The Hall–Kier alpha value is -2.71. The van der Waals surface area contributed by atoms with E-state index in [1.807, 2.05) is 18.2 Å². The van der Waals surface area contributed by atoms with Gasteiger partial charge < -0.3 is 9.72 Å². The first-order valence-corrected chi connectivity index (χ1v) is 10.5. The normalized spacial score (nSPS) is 17.8. The SMILES string of the molecule is COC(=O)c1cccc(CC2CCN(S(=O)(=O)c3ccc4nc[nH]c4c3)C2)c1. The number of fused-ring (bicyclic) bond motifs is 1. The van der Waals surface area contributed by atoms with E-state index in [0.717, 1.165) is 23.9 Å². The number of benzene rings is 2. The highest BCUT2D eigenvalue weighted by Crippen LogP contribution is 2.28. The molecule has 1 aliphatic rings. The zero-order chi connectivity index (χ0) is 19.7. The molecule has 0 saturated carbocycles. The summed E-state index contributed by atoms with van der Waals surface area (Å²) in [7, 11) is -2.19. The van der Waals surface area contributed by atoms with Gasteiger partial charge in [-0.1, -0.05) is 12.1 Å². The van der Waals surface area contributed by atoms with E-state index in [2.05, 4.69) is 9.97 Å². The molecule has 146 valence electrons. The monoisotopic (exact) mass is 399 g/mol. The molecule has 3 aromatic rings. The van der Waals surface area contributed by atoms with E-state index in [1.54, 1.807) is 34.9 Å². The van der Waals surface area contributed by atoms with Crippen LogP contribution in [0.5, 0.6) is 0 Å². The lowest BCUT2D eigenvalue weighted by Crippen LogP contribution is -2.29. The molecule has 4 rings (SSSR count). The number of H-pyrrole nitrogens is 1. The summed E-state index contributed by atoms with van der Waals surface area (Å²) in [6.45, 7) is 0.955. The maximum absolute atomic E-state index is 13.0. The highest BCUT2D eigenvalue weighted by molar-refractivity contribution is 7.89. The maximum atomic E-state index is 13.0. The standard InChI is InChI=1S/C20H21N3O4S/c1-27-20(24)16-4-2-3-14(10-16)9-15-7-8-23(12-15)28(25,26)17-5-6-18-19(11-17)22-13-21-18/h2-6,10-11,13,15H,7-9,12H2,1H3,(H,21,22). The first-order chi connectivity index (χ1) is 13.5. The van der Waals surface area contributed by atoms with Crippen LogP contribution >= 0.6 is 0 Å². The number of ether oxygens (including phenoxy) is 1. The molecule has 8 heteroatoms. The number of aromatic nitrogens is 2. The van der Waals surface area contributed by atoms with Crippen LogP contribution in [0.1, 0.15) is 22.3 Å². The average Bonchev–Trinajstić information content (AvgIpc) is 3.36. The lowest BCUT2D eigenvalue weighted by molar-refractivity contribution is 0.0600. The molecule has 1 atom stereocenters. The predicted molar refractivity (Wildman–Crippen MR) is 104 cm³/mol. The Bertz CT molecular complexity index is 1120. The first-order valence-electron chi connectivity index (χ1n) is 9.08. The maximum Gasteiger partial charge on any atom is 0.337 e. The van der Waals surface area contributed by atoms with Gasteiger partial charge in [0, 0.05) is 13.1 Å². The van der Waals surface area contributed by atoms with Crippen LogP contribution < -0.4 is 0 Å². The molecule has 0 spiro atoms. The Balaban J connectivity index is 1.48. The molecule has 0 aliphatic carbocycles. The Labute approximate surface area is 163 Å². The van der Waals surface area contributed by atoms with Crippen molar-refractivity contribution in [2.45, 2.75) is 17.7 Å². The number of aromatic amines is 1. The van der Waals surface area contributed by atoms with Gasteiger partial charge in [0.15, 0.2) is 0 Å². The third kappa shape index (κ3) is 3.53. The molecule has 0 amide bonds. The van der Waals surface area contributed by atoms with E-state index in [0.29, 0.717) is 24.2 Å². The summed E-state index contributed by atoms with van der Waals surface area (Å²) in [5.74, 6) is -0.162. The van der Waals surface area contributed by atoms with Crippen LogP contribution in [0, 0.1) is 5.92 Å². The highest BCUT2D eigenvalue weighted by Gasteiger charge is 2.32. The van der Waals surface area contributed by atoms with Gasteiger partial charge in [-0.05, 0) is 54.7 Å². The molecular formula is C20H21N3O4S. The minimum atomic E-state index is -3.55. The van der Waals surface area contributed by atoms with Crippen molar-refractivity contribution in [2.75, 3.05) is 20.2 Å². The van der Waals surface area contributed by atoms with Gasteiger partial charge in [-0.3, -0.25) is 0 Å². The number of carbonyl (C=O) groups is 1. The minimum Gasteiger partial charge on any atom is -0.465 e. The van der Waals surface area contributed by atoms with Gasteiger partial charge in [0.2, 0.25) is 10.0 Å². The molecule has 28 heavy (non-hydrogen) atoms. The molecule has 7 nitrogen and oxygen atoms in total. The van der Waals surface area contributed by atoms with E-state index >= 15 is 0 Å². The van der Waals surface area contributed by atoms with Crippen molar-refractivity contribution in [2.24, 2.45) is 5.92 Å². The number of nitrogens with zero attached hydrogens (tertiary/aromatic N) is 2. The molecule has 1 aliphatic heterocycles. The number of rotatable bonds is 5. The van der Waals surface area contributed by atoms with Gasteiger partial charge in [-0.15, -0.1) is 0 Å². The van der Waals surface area contributed by atoms with E-state index in [4.69, 9.17) is 4.74 Å². The summed E-state index contributed by atoms with van der Waals surface area (Å²) in [5, 5.41) is 0. The first kappa shape index (κ1) is 18.6. The lowest BCUT2D eigenvalue weighted by Gasteiger charge is -2.17. The number of nitrogens with one attached hydrogen (secondary N) is 1. The van der Waals surface area contributed by atoms with Crippen molar-refractivity contribution < 1.29 is 17.9 Å². The Morgan fingerprint density at radius 3 is 2.96 bits per heavy atom. The van der Waals surface area contributed by atoms with Crippen molar-refractivity contribution in [1.82, 2.24) is 14.3 Å². The van der Waals surface area contributed by atoms with Gasteiger partial charge >= 0.3 is 5.97 Å². The molecule has 1 N–H and O–H groups in total. The zero-order valence-corrected chi connectivity index (χ0v) is 16.3. The smallest absolute Gasteiger partial charge is 0.337 e. The minimum absolute atomic E-state index is 0.207. The van der Waals surface area contributed by atoms with Gasteiger partial charge in [0.1, 0.15) is 0 Å². The van der Waals surface area contributed by atoms with E-state index in [-0.39, 0.29) is 16.8 Å². The molecule has 0 radical (unpaired) electrons. The van der Waals surface area contributed by atoms with Crippen LogP contribution in [0.2, 0.25) is 0 Å². The van der Waals surface area contributed by atoms with Crippen molar-refractivity contribution in [1.29, 1.82) is 0 Å². The van der Waals surface area contributed by atoms with E-state index < -0.39 is 10.0 Å². The van der Waals surface area contributed by atoms with Crippen molar-refractivity contribution in [3.8, 4) is 0 Å².